The van der Waals surface area contributed by atoms with Crippen molar-refractivity contribution in [3.63, 3.8) is 0 Å². The number of anilines is 1. The molecular formula is C43H37N. The lowest BCUT2D eigenvalue weighted by Gasteiger charge is -2.33. The highest BCUT2D eigenvalue weighted by Crippen LogP contribution is 2.50. The lowest BCUT2D eigenvalue weighted by Crippen LogP contribution is -2.19. The SMILES string of the molecule is Cc1ccc2c(c1)NC(c1c3ccc(C)cc3c(-c3c(C)ccc4cc(C)ccc34)c3ccc(C)cc13)c1cc(C)ccc1-2. The Kier molecular flexibility index (Phi) is 5.97. The first kappa shape index (κ1) is 26.7. The van der Waals surface area contributed by atoms with Crippen molar-refractivity contribution in [1.82, 2.24) is 0 Å². The second-order valence-electron chi connectivity index (χ2n) is 13.1. The normalized spacial score (nSPS) is 14.1. The van der Waals surface area contributed by atoms with Gasteiger partial charge in [-0.2, -0.15) is 0 Å². The van der Waals surface area contributed by atoms with E-state index in [9.17, 15) is 0 Å². The van der Waals surface area contributed by atoms with Crippen molar-refractivity contribution in [3.8, 4) is 22.3 Å². The second-order valence-corrected chi connectivity index (χ2v) is 13.1. The minimum atomic E-state index is 0.0130. The van der Waals surface area contributed by atoms with Crippen molar-refractivity contribution in [2.75, 3.05) is 5.32 Å². The standard InChI is InChI=1S/C43H37N/c1-24-7-14-31-30(19-24)13-12-29(6)40(31)41-34-17-10-26(3)21-37(34)42(35-18-11-25(2)20-36(35)41)43-38-22-27(4)8-15-32(38)33-16-9-28(5)23-39(33)44-43/h7-23,43-44H,1-6H3. The topological polar surface area (TPSA) is 12.0 Å². The highest BCUT2D eigenvalue weighted by atomic mass is 14.9. The van der Waals surface area contributed by atoms with Crippen molar-refractivity contribution < 1.29 is 0 Å². The van der Waals surface area contributed by atoms with Crippen LogP contribution in [0.4, 0.5) is 5.69 Å². The van der Waals surface area contributed by atoms with Gasteiger partial charge in [-0.3, -0.25) is 0 Å². The van der Waals surface area contributed by atoms with Gasteiger partial charge in [-0.1, -0.05) is 119 Å². The fourth-order valence-electron chi connectivity index (χ4n) is 7.60. The quantitative estimate of drug-likeness (QED) is 0.205. The van der Waals surface area contributed by atoms with Gasteiger partial charge in [0.05, 0.1) is 6.04 Å². The Bertz CT molecular complexity index is 2320. The molecule has 7 aromatic carbocycles. The Morgan fingerprint density at radius 3 is 1.80 bits per heavy atom. The van der Waals surface area contributed by atoms with Crippen molar-refractivity contribution in [1.29, 1.82) is 0 Å². The lowest BCUT2D eigenvalue weighted by molar-refractivity contribution is 0.945. The third-order valence-corrected chi connectivity index (χ3v) is 9.67. The van der Waals surface area contributed by atoms with Gasteiger partial charge in [0.1, 0.15) is 0 Å². The molecule has 0 amide bonds. The van der Waals surface area contributed by atoms with E-state index in [-0.39, 0.29) is 6.04 Å². The molecule has 0 saturated heterocycles. The predicted molar refractivity (Wildman–Crippen MR) is 190 cm³/mol. The minimum absolute atomic E-state index is 0.0130. The van der Waals surface area contributed by atoms with Gasteiger partial charge in [-0.05, 0) is 119 Å². The van der Waals surface area contributed by atoms with E-state index in [4.69, 9.17) is 0 Å². The molecule has 0 spiro atoms. The zero-order valence-electron chi connectivity index (χ0n) is 26.4. The monoisotopic (exact) mass is 567 g/mol. The van der Waals surface area contributed by atoms with Crippen LogP contribution in [-0.4, -0.2) is 0 Å². The molecule has 7 aromatic rings. The smallest absolute Gasteiger partial charge is 0.0785 e. The van der Waals surface area contributed by atoms with E-state index >= 15 is 0 Å². The molecule has 214 valence electrons. The molecule has 1 heteroatoms. The Labute approximate surface area is 260 Å². The Balaban J connectivity index is 1.54. The molecule has 8 rings (SSSR count). The van der Waals surface area contributed by atoms with Gasteiger partial charge in [-0.15, -0.1) is 0 Å². The molecule has 1 nitrogen and oxygen atoms in total. The summed E-state index contributed by atoms with van der Waals surface area (Å²) in [6.07, 6.45) is 0. The summed E-state index contributed by atoms with van der Waals surface area (Å²) in [5, 5.41) is 11.9. The maximum absolute atomic E-state index is 4.06. The molecule has 0 fully saturated rings. The lowest BCUT2D eigenvalue weighted by atomic mass is 9.78. The number of benzene rings is 7. The second kappa shape index (κ2) is 9.82. The molecule has 1 N–H and O–H groups in total. The summed E-state index contributed by atoms with van der Waals surface area (Å²) in [4.78, 5) is 0. The first-order valence-corrected chi connectivity index (χ1v) is 15.7. The summed E-state index contributed by atoms with van der Waals surface area (Å²) in [7, 11) is 0. The van der Waals surface area contributed by atoms with E-state index in [1.54, 1.807) is 0 Å². The first-order valence-electron chi connectivity index (χ1n) is 15.7. The van der Waals surface area contributed by atoms with Crippen molar-refractivity contribution >= 4 is 38.0 Å². The van der Waals surface area contributed by atoms with Crippen molar-refractivity contribution in [2.45, 2.75) is 47.6 Å². The van der Waals surface area contributed by atoms with Crippen LogP contribution in [0.2, 0.25) is 0 Å². The van der Waals surface area contributed by atoms with E-state index in [1.807, 2.05) is 0 Å². The number of nitrogens with one attached hydrogen (secondary N) is 1. The average molecular weight is 568 g/mol. The van der Waals surface area contributed by atoms with E-state index in [1.165, 1.54) is 105 Å². The van der Waals surface area contributed by atoms with Crippen LogP contribution in [0.3, 0.4) is 0 Å². The van der Waals surface area contributed by atoms with E-state index in [0.717, 1.165) is 0 Å². The third kappa shape index (κ3) is 4.07. The predicted octanol–water partition coefficient (Wildman–Crippen LogP) is 11.8. The zero-order valence-corrected chi connectivity index (χ0v) is 26.4. The summed E-state index contributed by atoms with van der Waals surface area (Å²) >= 11 is 0. The van der Waals surface area contributed by atoms with Gasteiger partial charge in [0.15, 0.2) is 0 Å². The number of hydrogen-bond acceptors (Lipinski definition) is 1. The summed E-state index contributed by atoms with van der Waals surface area (Å²) < 4.78 is 0. The van der Waals surface area contributed by atoms with Crippen LogP contribution in [0.25, 0.3) is 54.6 Å². The molecule has 1 heterocycles. The molecule has 1 aliphatic rings. The average Bonchev–Trinajstić information content (AvgIpc) is 3.00. The van der Waals surface area contributed by atoms with Gasteiger partial charge in [-0.25, -0.2) is 0 Å². The molecule has 0 aromatic heterocycles. The van der Waals surface area contributed by atoms with Crippen LogP contribution in [0.15, 0.2) is 103 Å². The molecule has 44 heavy (non-hydrogen) atoms. The van der Waals surface area contributed by atoms with Crippen molar-refractivity contribution in [2.24, 2.45) is 0 Å². The molecule has 0 aliphatic carbocycles. The largest absolute Gasteiger partial charge is 0.374 e. The van der Waals surface area contributed by atoms with Gasteiger partial charge < -0.3 is 5.32 Å². The summed E-state index contributed by atoms with van der Waals surface area (Å²) in [5.41, 5.74) is 16.9. The molecule has 0 saturated carbocycles. The van der Waals surface area contributed by atoms with Gasteiger partial charge in [0.25, 0.3) is 0 Å². The van der Waals surface area contributed by atoms with Crippen LogP contribution >= 0.6 is 0 Å². The van der Waals surface area contributed by atoms with Gasteiger partial charge in [0.2, 0.25) is 0 Å². The molecule has 0 bridgehead atoms. The number of hydrogen-bond donors (Lipinski definition) is 1. The fourth-order valence-corrected chi connectivity index (χ4v) is 7.60. The summed E-state index contributed by atoms with van der Waals surface area (Å²) in [6.45, 7) is 13.3. The maximum atomic E-state index is 4.06. The summed E-state index contributed by atoms with van der Waals surface area (Å²) in [5.74, 6) is 0. The van der Waals surface area contributed by atoms with Gasteiger partial charge in [0, 0.05) is 11.3 Å². The highest BCUT2D eigenvalue weighted by molar-refractivity contribution is 6.20. The maximum Gasteiger partial charge on any atom is 0.0785 e. The van der Waals surface area contributed by atoms with Crippen molar-refractivity contribution in [3.05, 3.63) is 148 Å². The third-order valence-electron chi connectivity index (χ3n) is 9.67. The minimum Gasteiger partial charge on any atom is -0.374 e. The van der Waals surface area contributed by atoms with Crippen LogP contribution in [0, 0.1) is 41.5 Å². The Morgan fingerprint density at radius 1 is 0.432 bits per heavy atom. The zero-order chi connectivity index (χ0) is 30.3. The number of aryl methyl sites for hydroxylation is 6. The molecule has 1 unspecified atom stereocenters. The van der Waals surface area contributed by atoms with Crippen LogP contribution in [0.1, 0.15) is 50.5 Å². The van der Waals surface area contributed by atoms with Crippen LogP contribution < -0.4 is 5.32 Å². The highest BCUT2D eigenvalue weighted by Gasteiger charge is 2.30. The molecule has 0 radical (unpaired) electrons. The van der Waals surface area contributed by atoms with E-state index in [0.29, 0.717) is 0 Å². The number of rotatable bonds is 2. The molecular weight excluding hydrogens is 530 g/mol. The number of fused-ring (bicyclic) bond motifs is 6. The summed E-state index contributed by atoms with van der Waals surface area (Å²) in [6, 6.07) is 39.4. The van der Waals surface area contributed by atoms with Crippen LogP contribution in [-0.2, 0) is 0 Å². The molecule has 1 aliphatic heterocycles. The Hall–Kier alpha value is -4.88. The Morgan fingerprint density at radius 2 is 1.02 bits per heavy atom. The first-order chi connectivity index (χ1) is 21.3. The van der Waals surface area contributed by atoms with Gasteiger partial charge >= 0.3 is 0 Å². The fraction of sp³-hybridized carbons (Fsp3) is 0.163. The van der Waals surface area contributed by atoms with E-state index in [2.05, 4.69) is 150 Å². The van der Waals surface area contributed by atoms with Crippen LogP contribution in [0.5, 0.6) is 0 Å². The van der Waals surface area contributed by atoms with E-state index < -0.39 is 0 Å². The molecule has 1 atom stereocenters.